The van der Waals surface area contributed by atoms with Crippen molar-refractivity contribution in [2.45, 2.75) is 34.1 Å². The van der Waals surface area contributed by atoms with Crippen LogP contribution >= 0.6 is 11.6 Å². The molecule has 40 heavy (non-hydrogen) atoms. The minimum Gasteiger partial charge on any atom is -0.508 e. The molecule has 3 aromatic carbocycles. The molecule has 206 valence electrons. The molecule has 0 aliphatic rings. The van der Waals surface area contributed by atoms with Crippen molar-refractivity contribution >= 4 is 40.6 Å². The summed E-state index contributed by atoms with van der Waals surface area (Å²) in [5.41, 5.74) is 1.41. The first-order valence-electron chi connectivity index (χ1n) is 12.6. The summed E-state index contributed by atoms with van der Waals surface area (Å²) in [6, 6.07) is 20.9. The van der Waals surface area contributed by atoms with Crippen LogP contribution in [-0.2, 0) is 16.0 Å². The highest BCUT2D eigenvalue weighted by Crippen LogP contribution is 2.24. The molecule has 0 saturated heterocycles. The molecular weight excluding hydrogens is 530 g/mol. The monoisotopic (exact) mass is 559 g/mol. The number of nitrogens with one attached hydrogen (secondary N) is 3. The predicted molar refractivity (Wildman–Crippen MR) is 158 cm³/mol. The van der Waals surface area contributed by atoms with Gasteiger partial charge >= 0.3 is 0 Å². The highest BCUT2D eigenvalue weighted by molar-refractivity contribution is 6.41. The summed E-state index contributed by atoms with van der Waals surface area (Å²) in [6.45, 7) is 8.00. The fraction of sp³-hybridized carbons (Fsp3) is 0.167. The first-order valence-corrected chi connectivity index (χ1v) is 13.0. The van der Waals surface area contributed by atoms with Crippen molar-refractivity contribution in [3.8, 4) is 23.1 Å². The molecule has 1 heterocycles. The lowest BCUT2D eigenvalue weighted by Crippen LogP contribution is -2.24. The number of phenolic OH excluding ortho intramolecular Hbond substituents is 1. The van der Waals surface area contributed by atoms with Crippen LogP contribution in [0.1, 0.15) is 38.8 Å². The minimum atomic E-state index is -0.794. The van der Waals surface area contributed by atoms with Crippen LogP contribution in [0.15, 0.2) is 77.6 Å². The quantitative estimate of drug-likeness (QED) is 0.197. The summed E-state index contributed by atoms with van der Waals surface area (Å²) in [7, 11) is 0. The van der Waals surface area contributed by atoms with E-state index in [1.165, 1.54) is 24.3 Å². The van der Waals surface area contributed by atoms with Crippen molar-refractivity contribution in [2.24, 2.45) is 0 Å². The Labute approximate surface area is 237 Å². The van der Waals surface area contributed by atoms with E-state index in [0.29, 0.717) is 27.5 Å². The van der Waals surface area contributed by atoms with Crippen LogP contribution in [-0.4, -0.2) is 26.8 Å². The topological polar surface area (TPSA) is 148 Å². The zero-order chi connectivity index (χ0) is 29.7. The molecule has 1 aromatic heterocycles. The second-order valence-electron chi connectivity index (χ2n) is 7.68. The Morgan fingerprint density at radius 2 is 1.50 bits per heavy atom. The van der Waals surface area contributed by atoms with E-state index in [1.54, 1.807) is 48.5 Å². The average Bonchev–Trinajstić information content (AvgIpc) is 2.97. The lowest BCUT2D eigenvalue weighted by Gasteiger charge is -2.10. The van der Waals surface area contributed by atoms with Gasteiger partial charge in [-0.05, 0) is 54.1 Å². The molecule has 0 unspecified atom stereocenters. The number of Topliss-reactive ketones (excluding diaryl/α,β-unsaturated/α-hetero) is 1. The Morgan fingerprint density at radius 3 is 2.08 bits per heavy atom. The zero-order valence-electron chi connectivity index (χ0n) is 22.6. The maximum absolute atomic E-state index is 12.5. The summed E-state index contributed by atoms with van der Waals surface area (Å²) in [6.07, 6.45) is -0.115. The Hall–Kier alpha value is -4.94. The van der Waals surface area contributed by atoms with Crippen molar-refractivity contribution in [1.29, 1.82) is 5.26 Å². The summed E-state index contributed by atoms with van der Waals surface area (Å²) in [5, 5.41) is 24.9. The molecular formula is C30H30ClN5O4. The molecule has 0 fully saturated rings. The average molecular weight is 560 g/mol. The van der Waals surface area contributed by atoms with Crippen LogP contribution in [0.4, 0.5) is 17.3 Å². The third-order valence-electron chi connectivity index (χ3n) is 5.11. The fourth-order valence-corrected chi connectivity index (χ4v) is 3.43. The number of anilines is 3. The molecule has 10 heteroatoms. The van der Waals surface area contributed by atoms with Gasteiger partial charge < -0.3 is 15.7 Å². The maximum atomic E-state index is 12.5. The van der Waals surface area contributed by atoms with Crippen LogP contribution < -0.4 is 16.2 Å². The second-order valence-corrected chi connectivity index (χ2v) is 8.12. The van der Waals surface area contributed by atoms with E-state index in [0.717, 1.165) is 0 Å². The van der Waals surface area contributed by atoms with Crippen LogP contribution in [0.25, 0.3) is 11.3 Å². The number of halogens is 1. The van der Waals surface area contributed by atoms with Crippen molar-refractivity contribution in [3.63, 3.8) is 0 Å². The lowest BCUT2D eigenvalue weighted by molar-refractivity contribution is -0.134. The number of aromatic nitrogens is 2. The number of phenols is 1. The third kappa shape index (κ3) is 8.55. The van der Waals surface area contributed by atoms with E-state index >= 15 is 0 Å². The fourth-order valence-electron chi connectivity index (χ4n) is 3.31. The number of nitrogens with zero attached hydrogens (tertiary/aromatic N) is 2. The molecule has 0 aliphatic carbocycles. The Bertz CT molecular complexity index is 1530. The van der Waals surface area contributed by atoms with E-state index in [9.17, 15) is 24.8 Å². The van der Waals surface area contributed by atoms with Crippen molar-refractivity contribution in [2.75, 3.05) is 10.6 Å². The van der Waals surface area contributed by atoms with E-state index in [-0.39, 0.29) is 29.4 Å². The van der Waals surface area contributed by atoms with Gasteiger partial charge in [0.05, 0.1) is 5.69 Å². The van der Waals surface area contributed by atoms with Crippen LogP contribution in [0, 0.1) is 11.3 Å². The molecule has 0 saturated carbocycles. The molecule has 4 aromatic rings. The number of H-pyrrole nitrogens is 1. The molecule has 4 rings (SSSR count). The van der Waals surface area contributed by atoms with Gasteiger partial charge in [0.2, 0.25) is 11.7 Å². The molecule has 9 nitrogen and oxygen atoms in total. The number of rotatable bonds is 7. The number of hydrogen-bond donors (Lipinski definition) is 4. The highest BCUT2D eigenvalue weighted by atomic mass is 35.5. The summed E-state index contributed by atoms with van der Waals surface area (Å²) in [5.74, 6) is -1.24. The minimum absolute atomic E-state index is 0.0677. The van der Waals surface area contributed by atoms with Gasteiger partial charge in [0, 0.05) is 28.4 Å². The zero-order valence-corrected chi connectivity index (χ0v) is 23.3. The molecule has 0 aliphatic heterocycles. The predicted octanol–water partition coefficient (Wildman–Crippen LogP) is 6.21. The van der Waals surface area contributed by atoms with E-state index in [1.807, 2.05) is 33.8 Å². The summed E-state index contributed by atoms with van der Waals surface area (Å²) >= 11 is 5.90. The number of amides is 1. The lowest BCUT2D eigenvalue weighted by atomic mass is 10.1. The molecule has 4 N–H and O–H groups in total. The van der Waals surface area contributed by atoms with Crippen LogP contribution in [0.5, 0.6) is 5.75 Å². The van der Waals surface area contributed by atoms with Gasteiger partial charge in [0.25, 0.3) is 11.5 Å². The SMILES string of the molecule is CC.CC.N#Cc1c(-c2ccc(NC(=O)C(=O)Cc3ccc(O)cc3)cc2)nc(Nc2ccc(Cl)cc2)[nH]c1=O. The second kappa shape index (κ2) is 15.5. The molecule has 0 radical (unpaired) electrons. The van der Waals surface area contributed by atoms with Gasteiger partial charge in [-0.25, -0.2) is 4.98 Å². The van der Waals surface area contributed by atoms with Crippen molar-refractivity contribution in [3.05, 3.63) is 99.3 Å². The normalized spacial score (nSPS) is 9.60. The van der Waals surface area contributed by atoms with Crippen molar-refractivity contribution in [1.82, 2.24) is 9.97 Å². The van der Waals surface area contributed by atoms with Gasteiger partial charge in [-0.1, -0.05) is 63.6 Å². The number of carbonyl (C=O) groups is 2. The van der Waals surface area contributed by atoms with Crippen molar-refractivity contribution < 1.29 is 14.7 Å². The van der Waals surface area contributed by atoms with E-state index in [2.05, 4.69) is 20.6 Å². The smallest absolute Gasteiger partial charge is 0.292 e. The first-order chi connectivity index (χ1) is 19.3. The number of aromatic hydroxyl groups is 1. The van der Waals surface area contributed by atoms with E-state index < -0.39 is 17.2 Å². The molecule has 0 atom stereocenters. The largest absolute Gasteiger partial charge is 0.508 e. The van der Waals surface area contributed by atoms with Gasteiger partial charge in [-0.15, -0.1) is 0 Å². The Balaban J connectivity index is 0.00000134. The maximum Gasteiger partial charge on any atom is 0.292 e. The van der Waals surface area contributed by atoms with Gasteiger partial charge in [0.1, 0.15) is 17.4 Å². The molecule has 1 amide bonds. The Kier molecular flexibility index (Phi) is 12.1. The van der Waals surface area contributed by atoms with Crippen LogP contribution in [0.2, 0.25) is 5.02 Å². The first kappa shape index (κ1) is 31.3. The standard InChI is InChI=1S/C26H18ClN5O4.2C2H6/c27-17-5-9-19(10-6-17)30-26-31-23(21(14-28)24(35)32-26)16-3-7-18(8-4-16)29-25(36)22(34)13-15-1-11-20(33)12-2-15;2*1-2/h1-12,33H,13H2,(H,29,36)(H2,30,31,32,35);2*1-2H3. The highest BCUT2D eigenvalue weighted by Gasteiger charge is 2.16. The number of aromatic amines is 1. The van der Waals surface area contributed by atoms with Gasteiger partial charge in [-0.2, -0.15) is 5.26 Å². The van der Waals surface area contributed by atoms with E-state index in [4.69, 9.17) is 11.6 Å². The van der Waals surface area contributed by atoms with Crippen LogP contribution in [0.3, 0.4) is 0 Å². The Morgan fingerprint density at radius 1 is 0.925 bits per heavy atom. The summed E-state index contributed by atoms with van der Waals surface area (Å²) < 4.78 is 0. The van der Waals surface area contributed by atoms with Gasteiger partial charge in [-0.3, -0.25) is 19.4 Å². The molecule has 0 bridgehead atoms. The molecule has 0 spiro atoms. The third-order valence-corrected chi connectivity index (χ3v) is 5.36. The number of carbonyl (C=O) groups excluding carboxylic acids is 2. The number of benzene rings is 3. The number of hydrogen-bond acceptors (Lipinski definition) is 7. The number of nitriles is 1. The summed E-state index contributed by atoms with van der Waals surface area (Å²) in [4.78, 5) is 43.9. The number of ketones is 1. The van der Waals surface area contributed by atoms with Gasteiger partial charge in [0.15, 0.2) is 0 Å².